The van der Waals surface area contributed by atoms with Crippen LogP contribution in [0.5, 0.6) is 5.75 Å². The molecule has 4 aromatic carbocycles. The Labute approximate surface area is 344 Å². The number of phenols is 1. The Morgan fingerprint density at radius 2 is 1.42 bits per heavy atom. The third-order valence-electron chi connectivity index (χ3n) is 12.2. The second-order valence-corrected chi connectivity index (χ2v) is 16.8. The number of carbonyl (C=O) groups excluding carboxylic acids is 5. The molecule has 5 aromatic rings. The van der Waals surface area contributed by atoms with Crippen molar-refractivity contribution in [2.45, 2.75) is 31.7 Å². The average molecular weight is 812 g/mol. The van der Waals surface area contributed by atoms with Crippen LogP contribution in [0.4, 0.5) is 11.4 Å². The Kier molecular flexibility index (Phi) is 10.3. The molecule has 4 N–H and O–H groups in total. The molecule has 13 nitrogen and oxygen atoms in total. The van der Waals surface area contributed by atoms with Crippen molar-refractivity contribution >= 4 is 74.8 Å². The van der Waals surface area contributed by atoms with Gasteiger partial charge in [0.25, 0.3) is 11.8 Å². The summed E-state index contributed by atoms with van der Waals surface area (Å²) < 4.78 is 0.784. The number of ketones is 1. The Morgan fingerprint density at radius 3 is 2.12 bits per heavy atom. The van der Waals surface area contributed by atoms with Crippen LogP contribution in [-0.2, 0) is 9.59 Å². The van der Waals surface area contributed by atoms with Gasteiger partial charge in [0.05, 0.1) is 11.1 Å². The molecule has 300 valence electrons. The van der Waals surface area contributed by atoms with E-state index < -0.39 is 36.8 Å². The zero-order valence-corrected chi connectivity index (χ0v) is 33.0. The molecule has 0 aliphatic carbocycles. The lowest BCUT2D eigenvalue weighted by molar-refractivity contribution is -0.136. The molecule has 4 amide bonds. The molecular formula is C44H42BN5O8S. The van der Waals surface area contributed by atoms with Gasteiger partial charge in [-0.25, -0.2) is 0 Å². The van der Waals surface area contributed by atoms with Gasteiger partial charge in [-0.1, -0.05) is 24.3 Å². The van der Waals surface area contributed by atoms with Crippen molar-refractivity contribution in [1.29, 1.82) is 0 Å². The minimum absolute atomic E-state index is 0.0847. The first-order valence-corrected chi connectivity index (χ1v) is 20.8. The standard InChI is InChI=1S/C44H42BN5O8S/c51-32-10-12-34-37(24-32)59-41(28-1-5-29(6-2-28)45(57)58)39(34)40(53)27-3-7-30(8-4-27)49-21-19-47(20-22-49)25-26-15-17-48(18-16-26)31-9-11-33-35(23-31)44(56)50(43(33)55)36-13-14-38(52)46-42(36)54/h1-12,23-24,26,36,51,57-58H,13-22,25H2,(H,46,52,54). The zero-order valence-electron chi connectivity index (χ0n) is 32.2. The molecule has 15 heteroatoms. The number of hydrogen-bond donors (Lipinski definition) is 4. The number of nitrogens with one attached hydrogen (secondary N) is 1. The third-order valence-corrected chi connectivity index (χ3v) is 13.4. The molecular weight excluding hydrogens is 769 g/mol. The van der Waals surface area contributed by atoms with Gasteiger partial charge in [-0.2, -0.15) is 0 Å². The second kappa shape index (κ2) is 15.7. The van der Waals surface area contributed by atoms with Crippen LogP contribution in [0.1, 0.15) is 62.3 Å². The van der Waals surface area contributed by atoms with E-state index in [9.17, 15) is 39.1 Å². The molecule has 5 heterocycles. The molecule has 0 spiro atoms. The van der Waals surface area contributed by atoms with Gasteiger partial charge in [-0.05, 0) is 96.9 Å². The normalized spacial score (nSPS) is 19.1. The van der Waals surface area contributed by atoms with Gasteiger partial charge in [0.15, 0.2) is 5.78 Å². The minimum Gasteiger partial charge on any atom is -0.508 e. The summed E-state index contributed by atoms with van der Waals surface area (Å²) in [5, 5.41) is 32.3. The number of hydrogen-bond acceptors (Lipinski definition) is 12. The highest BCUT2D eigenvalue weighted by Gasteiger charge is 2.45. The van der Waals surface area contributed by atoms with Crippen LogP contribution in [-0.4, -0.2) is 113 Å². The van der Waals surface area contributed by atoms with Gasteiger partial charge in [0, 0.05) is 89.7 Å². The van der Waals surface area contributed by atoms with E-state index in [1.165, 1.54) is 11.3 Å². The predicted octanol–water partition coefficient (Wildman–Crippen LogP) is 3.62. The van der Waals surface area contributed by atoms with Crippen molar-refractivity contribution in [3.05, 3.63) is 107 Å². The van der Waals surface area contributed by atoms with Gasteiger partial charge in [-0.3, -0.25) is 39.1 Å². The third kappa shape index (κ3) is 7.39. The van der Waals surface area contributed by atoms with E-state index in [0.29, 0.717) is 28.1 Å². The Balaban J connectivity index is 0.793. The minimum atomic E-state index is -1.59. The maximum atomic E-state index is 14.1. The smallest absolute Gasteiger partial charge is 0.488 e. The average Bonchev–Trinajstić information content (AvgIpc) is 3.74. The van der Waals surface area contributed by atoms with E-state index >= 15 is 0 Å². The van der Waals surface area contributed by atoms with E-state index in [1.54, 1.807) is 54.6 Å². The van der Waals surface area contributed by atoms with Crippen molar-refractivity contribution in [2.24, 2.45) is 5.92 Å². The predicted molar refractivity (Wildman–Crippen MR) is 225 cm³/mol. The number of imide groups is 2. The molecule has 59 heavy (non-hydrogen) atoms. The molecule has 0 bridgehead atoms. The largest absolute Gasteiger partial charge is 0.508 e. The number of nitrogens with zero attached hydrogens (tertiary/aromatic N) is 4. The monoisotopic (exact) mass is 811 g/mol. The van der Waals surface area contributed by atoms with Crippen LogP contribution in [0.15, 0.2) is 84.9 Å². The summed E-state index contributed by atoms with van der Waals surface area (Å²) in [6, 6.07) is 23.9. The topological polar surface area (TPSA) is 171 Å². The zero-order chi connectivity index (χ0) is 40.9. The summed E-state index contributed by atoms with van der Waals surface area (Å²) in [6.45, 7) is 6.25. The van der Waals surface area contributed by atoms with Crippen LogP contribution in [0.25, 0.3) is 20.5 Å². The van der Waals surface area contributed by atoms with Gasteiger partial charge >= 0.3 is 7.12 Å². The van der Waals surface area contributed by atoms with Crippen LogP contribution < -0.4 is 20.6 Å². The summed E-state index contributed by atoms with van der Waals surface area (Å²) in [7, 11) is -1.59. The van der Waals surface area contributed by atoms with Gasteiger partial charge < -0.3 is 25.0 Å². The van der Waals surface area contributed by atoms with Crippen molar-refractivity contribution in [2.75, 3.05) is 55.6 Å². The van der Waals surface area contributed by atoms with Crippen LogP contribution >= 0.6 is 11.3 Å². The first-order valence-electron chi connectivity index (χ1n) is 20.0. The Hall–Kier alpha value is -5.87. The number of fused-ring (bicyclic) bond motifs is 2. The number of amides is 4. The molecule has 0 saturated carbocycles. The highest BCUT2D eigenvalue weighted by molar-refractivity contribution is 7.22. The number of piperidine rings is 2. The summed E-state index contributed by atoms with van der Waals surface area (Å²) >= 11 is 1.41. The summed E-state index contributed by atoms with van der Waals surface area (Å²) in [5.41, 5.74) is 4.77. The molecule has 4 aliphatic rings. The lowest BCUT2D eigenvalue weighted by Crippen LogP contribution is -2.54. The van der Waals surface area contributed by atoms with E-state index in [4.69, 9.17) is 0 Å². The van der Waals surface area contributed by atoms with Crippen molar-refractivity contribution in [1.82, 2.24) is 15.1 Å². The van der Waals surface area contributed by atoms with E-state index in [-0.39, 0.29) is 29.9 Å². The number of piperazine rings is 1. The molecule has 4 aliphatic heterocycles. The van der Waals surface area contributed by atoms with Crippen LogP contribution in [0.2, 0.25) is 0 Å². The lowest BCUT2D eigenvalue weighted by atomic mass is 9.80. The van der Waals surface area contributed by atoms with Gasteiger partial charge in [0.1, 0.15) is 11.8 Å². The molecule has 0 radical (unpaired) electrons. The molecule has 9 rings (SSSR count). The van der Waals surface area contributed by atoms with Crippen molar-refractivity contribution < 1.29 is 39.1 Å². The maximum Gasteiger partial charge on any atom is 0.488 e. The first kappa shape index (κ1) is 38.6. The SMILES string of the molecule is O=C1CCC(N2C(=O)c3ccc(N4CCC(CN5CCN(c6ccc(C(=O)c7c(-c8ccc(B(O)O)cc8)sc8cc(O)ccc78)cc6)CC5)CC4)cc3C2=O)C(=O)N1. The summed E-state index contributed by atoms with van der Waals surface area (Å²) in [5.74, 6) is -1.47. The fraction of sp³-hybridized carbons (Fsp3) is 0.295. The molecule has 1 atom stereocenters. The van der Waals surface area contributed by atoms with E-state index in [2.05, 4.69) is 20.0 Å². The number of anilines is 2. The molecule has 3 fully saturated rings. The number of carbonyl (C=O) groups is 5. The van der Waals surface area contributed by atoms with Crippen LogP contribution in [0, 0.1) is 5.92 Å². The fourth-order valence-electron chi connectivity index (χ4n) is 8.87. The Morgan fingerprint density at radius 1 is 0.746 bits per heavy atom. The first-order chi connectivity index (χ1) is 28.5. The lowest BCUT2D eigenvalue weighted by Gasteiger charge is -2.40. The summed E-state index contributed by atoms with van der Waals surface area (Å²) in [4.78, 5) is 73.6. The molecule has 3 saturated heterocycles. The second-order valence-electron chi connectivity index (χ2n) is 15.8. The highest BCUT2D eigenvalue weighted by atomic mass is 32.1. The number of aromatic hydroxyl groups is 1. The maximum absolute atomic E-state index is 14.1. The quantitative estimate of drug-likeness (QED) is 0.0975. The summed E-state index contributed by atoms with van der Waals surface area (Å²) in [6.07, 6.45) is 2.22. The van der Waals surface area contributed by atoms with E-state index in [1.807, 2.05) is 30.3 Å². The van der Waals surface area contributed by atoms with Crippen molar-refractivity contribution in [3.63, 3.8) is 0 Å². The molecule has 1 aromatic heterocycles. The van der Waals surface area contributed by atoms with Gasteiger partial charge in [-0.15, -0.1) is 11.3 Å². The van der Waals surface area contributed by atoms with Crippen LogP contribution in [0.3, 0.4) is 0 Å². The highest BCUT2D eigenvalue weighted by Crippen LogP contribution is 2.41. The number of rotatable bonds is 9. The number of thiophene rings is 1. The van der Waals surface area contributed by atoms with E-state index in [0.717, 1.165) is 95.5 Å². The molecule has 1 unspecified atom stereocenters. The number of benzene rings is 4. The van der Waals surface area contributed by atoms with Crippen molar-refractivity contribution in [3.8, 4) is 16.2 Å². The Bertz CT molecular complexity index is 2490. The number of phenolic OH excluding ortho intramolecular Hbond substituents is 1. The van der Waals surface area contributed by atoms with Gasteiger partial charge in [0.2, 0.25) is 11.8 Å². The fourth-order valence-corrected chi connectivity index (χ4v) is 10.1.